The Bertz CT molecular complexity index is 2140. The van der Waals surface area contributed by atoms with Crippen molar-refractivity contribution in [1.82, 2.24) is 20.2 Å². The smallest absolute Gasteiger partial charge is 0.420 e. The molecule has 0 bridgehead atoms. The van der Waals surface area contributed by atoms with Gasteiger partial charge in [-0.1, -0.05) is 126 Å². The number of carbonyl (C=O) groups is 2. The summed E-state index contributed by atoms with van der Waals surface area (Å²) in [4.78, 5) is 40.7. The lowest BCUT2D eigenvalue weighted by Crippen LogP contribution is -2.34. The van der Waals surface area contributed by atoms with Crippen molar-refractivity contribution in [2.75, 3.05) is 23.9 Å². The molecule has 58 heavy (non-hydrogen) atoms. The van der Waals surface area contributed by atoms with E-state index in [-0.39, 0.29) is 29.3 Å². The number of hydrogen-bond acceptors (Lipinski definition) is 11. The Labute approximate surface area is 343 Å². The Hall–Kier alpha value is -5.70. The van der Waals surface area contributed by atoms with Gasteiger partial charge in [-0.05, 0) is 59.2 Å². The highest BCUT2D eigenvalue weighted by atomic mass is 32.2. The van der Waals surface area contributed by atoms with Gasteiger partial charge in [-0.2, -0.15) is 0 Å². The van der Waals surface area contributed by atoms with Crippen LogP contribution >= 0.6 is 11.8 Å². The summed E-state index contributed by atoms with van der Waals surface area (Å²) in [6.45, 7) is 5.23. The zero-order chi connectivity index (χ0) is 41.3. The number of nitrogens with one attached hydrogen (secondary N) is 1. The molecule has 0 fully saturated rings. The number of fused-ring (bicyclic) bond motifs is 1. The molecular formula is C43H53N7O7S. The maximum absolute atomic E-state index is 14.2. The number of methoxy groups -OCH3 is 1. The predicted octanol–water partition coefficient (Wildman–Crippen LogP) is 10.7. The molecule has 0 saturated carbocycles. The fourth-order valence-electron chi connectivity index (χ4n) is 6.68. The zero-order valence-electron chi connectivity index (χ0n) is 33.5. The Morgan fingerprint density at radius 3 is 2.31 bits per heavy atom. The number of anilines is 2. The van der Waals surface area contributed by atoms with Crippen molar-refractivity contribution in [3.63, 3.8) is 0 Å². The minimum atomic E-state index is -0.804. The third kappa shape index (κ3) is 11.7. The zero-order valence-corrected chi connectivity index (χ0v) is 34.3. The van der Waals surface area contributed by atoms with Gasteiger partial charge in [0.25, 0.3) is 5.91 Å². The largest absolute Gasteiger partial charge is 0.506 e. The summed E-state index contributed by atoms with van der Waals surface area (Å²) in [6.07, 6.45) is 12.1. The van der Waals surface area contributed by atoms with Gasteiger partial charge in [-0.3, -0.25) is 19.8 Å². The predicted molar refractivity (Wildman–Crippen MR) is 227 cm³/mol. The van der Waals surface area contributed by atoms with Crippen LogP contribution in [0.2, 0.25) is 0 Å². The number of rotatable bonds is 23. The molecule has 0 unspecified atom stereocenters. The van der Waals surface area contributed by atoms with E-state index in [4.69, 9.17) is 9.47 Å². The van der Waals surface area contributed by atoms with Gasteiger partial charge >= 0.3 is 11.8 Å². The highest BCUT2D eigenvalue weighted by molar-refractivity contribution is 7.98. The van der Waals surface area contributed by atoms with Gasteiger partial charge in [-0.15, -0.1) is 5.10 Å². The fraction of sp³-hybridized carbons (Fsp3) is 0.419. The minimum absolute atomic E-state index is 0.0331. The van der Waals surface area contributed by atoms with Crippen LogP contribution < -0.4 is 19.7 Å². The van der Waals surface area contributed by atoms with Gasteiger partial charge in [0.15, 0.2) is 0 Å². The van der Waals surface area contributed by atoms with Crippen LogP contribution in [0.3, 0.4) is 0 Å². The third-order valence-electron chi connectivity index (χ3n) is 9.86. The molecule has 1 heterocycles. The normalized spacial score (nSPS) is 11.1. The van der Waals surface area contributed by atoms with Crippen molar-refractivity contribution >= 4 is 51.6 Å². The molecule has 1 aromatic heterocycles. The molecular weight excluding hydrogens is 759 g/mol. The van der Waals surface area contributed by atoms with E-state index in [1.807, 2.05) is 0 Å². The minimum Gasteiger partial charge on any atom is -0.506 e. The number of tetrazole rings is 1. The number of benzene rings is 4. The molecule has 308 valence electrons. The summed E-state index contributed by atoms with van der Waals surface area (Å²) in [6, 6.07) is 19.7. The number of ether oxygens (including phenoxy) is 2. The highest BCUT2D eigenvalue weighted by Gasteiger charge is 2.26. The van der Waals surface area contributed by atoms with Crippen LogP contribution in [0.1, 0.15) is 107 Å². The van der Waals surface area contributed by atoms with E-state index < -0.39 is 16.9 Å². The first kappa shape index (κ1) is 43.4. The summed E-state index contributed by atoms with van der Waals surface area (Å²) in [5.41, 5.74) is 1.20. The van der Waals surface area contributed by atoms with E-state index in [0.29, 0.717) is 57.3 Å². The van der Waals surface area contributed by atoms with E-state index in [1.54, 1.807) is 59.3 Å². The summed E-state index contributed by atoms with van der Waals surface area (Å²) in [5.74, 6) is -0.162. The van der Waals surface area contributed by atoms with Crippen molar-refractivity contribution < 1.29 is 29.1 Å². The highest BCUT2D eigenvalue weighted by Crippen LogP contribution is 2.37. The number of unbranched alkanes of at least 4 members (excludes halogenated alkanes) is 10. The maximum Gasteiger partial charge on any atom is 0.420 e. The number of nitro benzene ring substituents is 1. The molecule has 0 atom stereocenters. The number of phenols is 1. The second kappa shape index (κ2) is 22.3. The molecule has 0 spiro atoms. The number of nitro groups is 1. The average Bonchev–Trinajstić information content (AvgIpc) is 3.69. The molecule has 0 saturated heterocycles. The van der Waals surface area contributed by atoms with E-state index in [9.17, 15) is 24.8 Å². The van der Waals surface area contributed by atoms with Gasteiger partial charge in [0.05, 0.1) is 29.0 Å². The van der Waals surface area contributed by atoms with E-state index in [2.05, 4.69) is 34.7 Å². The first-order valence-electron chi connectivity index (χ1n) is 20.1. The first-order chi connectivity index (χ1) is 28.2. The van der Waals surface area contributed by atoms with Crippen LogP contribution in [0.5, 0.6) is 17.2 Å². The molecule has 2 N–H and O–H groups in total. The van der Waals surface area contributed by atoms with Crippen molar-refractivity contribution in [3.05, 3.63) is 94.0 Å². The van der Waals surface area contributed by atoms with Crippen LogP contribution in [0.25, 0.3) is 10.8 Å². The Kier molecular flexibility index (Phi) is 16.7. The van der Waals surface area contributed by atoms with Crippen molar-refractivity contribution in [2.24, 2.45) is 0 Å². The Morgan fingerprint density at radius 2 is 1.59 bits per heavy atom. The van der Waals surface area contributed by atoms with Gasteiger partial charge in [0, 0.05) is 35.7 Å². The van der Waals surface area contributed by atoms with Gasteiger partial charge < -0.3 is 19.9 Å². The summed E-state index contributed by atoms with van der Waals surface area (Å²) < 4.78 is 12.9. The summed E-state index contributed by atoms with van der Waals surface area (Å²) in [5, 5.41) is 39.9. The molecule has 14 nitrogen and oxygen atoms in total. The lowest BCUT2D eigenvalue weighted by Gasteiger charge is -2.24. The number of aromatic nitrogens is 4. The van der Waals surface area contributed by atoms with Gasteiger partial charge in [-0.25, -0.2) is 9.48 Å². The third-order valence-corrected chi connectivity index (χ3v) is 10.9. The number of thioether (sulfide) groups is 1. The second-order valence-electron chi connectivity index (χ2n) is 14.1. The molecule has 5 rings (SSSR count). The average molecular weight is 812 g/mol. The lowest BCUT2D eigenvalue weighted by atomic mass is 10.0. The number of phenolic OH excluding ortho intramolecular Hbond substituents is 1. The molecule has 4 aromatic carbocycles. The number of aromatic hydroxyl groups is 1. The van der Waals surface area contributed by atoms with Crippen molar-refractivity contribution in [3.8, 4) is 17.2 Å². The molecule has 0 aliphatic carbocycles. The second-order valence-corrected chi connectivity index (χ2v) is 15.0. The molecule has 0 radical (unpaired) electrons. The van der Waals surface area contributed by atoms with E-state index in [1.165, 1.54) is 80.5 Å². The molecule has 2 amide bonds. The Balaban J connectivity index is 1.37. The van der Waals surface area contributed by atoms with E-state index in [0.717, 1.165) is 32.1 Å². The van der Waals surface area contributed by atoms with Crippen LogP contribution in [0.15, 0.2) is 78.0 Å². The van der Waals surface area contributed by atoms with Crippen molar-refractivity contribution in [1.29, 1.82) is 0 Å². The topological polar surface area (TPSA) is 175 Å². The summed E-state index contributed by atoms with van der Waals surface area (Å²) in [7, 11) is 1.50. The molecule has 5 aromatic rings. The first-order valence-corrected chi connectivity index (χ1v) is 21.1. The van der Waals surface area contributed by atoms with Crippen LogP contribution in [0.4, 0.5) is 21.9 Å². The fourth-order valence-corrected chi connectivity index (χ4v) is 7.52. The standard InChI is InChI=1S/C43H53N7O7S/c1-4-6-8-9-10-11-12-13-14-17-27-48(36-21-18-19-33-32(36)24-25-34(40(33)51)41(52)44-35-20-15-16-22-38(35)56-3)43(53)57-39-26-23-31(29-37(39)50(54)55)30-58-42-45-46-47-49(42)28-7-5-2/h15-16,18-26,29,51H,4-14,17,27-28,30H2,1-3H3,(H,44,52). The maximum atomic E-state index is 14.2. The van der Waals surface area contributed by atoms with Crippen LogP contribution in [-0.2, 0) is 12.3 Å². The number of nitrogens with zero attached hydrogens (tertiary/aromatic N) is 6. The van der Waals surface area contributed by atoms with Crippen LogP contribution in [-0.4, -0.2) is 55.9 Å². The van der Waals surface area contributed by atoms with Gasteiger partial charge in [0.1, 0.15) is 11.5 Å². The van der Waals surface area contributed by atoms with Crippen LogP contribution in [0, 0.1) is 10.1 Å². The monoisotopic (exact) mass is 811 g/mol. The SMILES string of the molecule is CCCCCCCCCCCCN(C(=O)Oc1ccc(CSc2nnnn2CCCC)cc1[N+](=O)[O-])c1cccc2c(O)c(C(=O)Nc3ccccc3OC)ccc12. The number of amides is 2. The summed E-state index contributed by atoms with van der Waals surface area (Å²) >= 11 is 1.36. The molecule has 0 aliphatic rings. The molecule has 15 heteroatoms. The number of para-hydroxylation sites is 2. The van der Waals surface area contributed by atoms with Crippen molar-refractivity contribution in [2.45, 2.75) is 108 Å². The number of hydrogen-bond donors (Lipinski definition) is 2. The number of carbonyl (C=O) groups excluding carboxylic acids is 2. The van der Waals surface area contributed by atoms with E-state index >= 15 is 0 Å². The van der Waals surface area contributed by atoms with Gasteiger partial charge in [0.2, 0.25) is 10.9 Å². The quantitative estimate of drug-likeness (QED) is 0.0278. The Morgan fingerprint density at radius 1 is 0.862 bits per heavy atom. The lowest BCUT2D eigenvalue weighted by molar-refractivity contribution is -0.385. The molecule has 0 aliphatic heterocycles. The number of aryl methyl sites for hydroxylation is 1.